The van der Waals surface area contributed by atoms with Crippen LogP contribution in [0.15, 0.2) is 29.3 Å². The number of likely N-dealkylation sites (tertiary alicyclic amines) is 1. The Bertz CT molecular complexity index is 698. The van der Waals surface area contributed by atoms with Gasteiger partial charge in [-0.1, -0.05) is 26.0 Å². The highest BCUT2D eigenvalue weighted by Gasteiger charge is 2.26. The molecule has 1 unspecified atom stereocenters. The smallest absolute Gasteiger partial charge is 0.225 e. The Balaban J connectivity index is 1.87. The predicted octanol–water partition coefficient (Wildman–Crippen LogP) is 3.44. The topological polar surface area (TPSA) is 75.2 Å². The highest BCUT2D eigenvalue weighted by atomic mass is 16.5. The van der Waals surface area contributed by atoms with Gasteiger partial charge >= 0.3 is 0 Å². The number of guanidine groups is 1. The van der Waals surface area contributed by atoms with E-state index in [4.69, 9.17) is 14.5 Å². The predicted molar refractivity (Wildman–Crippen MR) is 126 cm³/mol. The number of aliphatic imine (C=N–C) groups is 1. The number of nitrogens with one attached hydrogen (secondary N) is 2. The fraction of sp³-hybridized carbons (Fsp3) is 0.667. The Morgan fingerprint density at radius 3 is 2.39 bits per heavy atom. The first-order valence-corrected chi connectivity index (χ1v) is 11.7. The number of piperidine rings is 1. The summed E-state index contributed by atoms with van der Waals surface area (Å²) in [4.78, 5) is 19.4. The van der Waals surface area contributed by atoms with E-state index >= 15 is 0 Å². The van der Waals surface area contributed by atoms with Gasteiger partial charge in [-0.2, -0.15) is 0 Å². The van der Waals surface area contributed by atoms with Crippen molar-refractivity contribution in [2.45, 2.75) is 65.5 Å². The maximum atomic E-state index is 12.6. The molecule has 0 bridgehead atoms. The van der Waals surface area contributed by atoms with Gasteiger partial charge in [0, 0.05) is 31.6 Å². The van der Waals surface area contributed by atoms with E-state index < -0.39 is 0 Å². The molecule has 1 amide bonds. The minimum Gasteiger partial charge on any atom is -0.493 e. The van der Waals surface area contributed by atoms with Crippen LogP contribution in [0.4, 0.5) is 0 Å². The summed E-state index contributed by atoms with van der Waals surface area (Å²) < 4.78 is 11.4. The van der Waals surface area contributed by atoms with Gasteiger partial charge in [0.2, 0.25) is 5.91 Å². The molecule has 0 saturated carbocycles. The number of nitrogens with zero attached hydrogens (tertiary/aromatic N) is 2. The van der Waals surface area contributed by atoms with Gasteiger partial charge < -0.3 is 25.0 Å². The van der Waals surface area contributed by atoms with Crippen molar-refractivity contribution in [2.75, 3.05) is 33.3 Å². The summed E-state index contributed by atoms with van der Waals surface area (Å²) in [6.45, 7) is 11.2. The van der Waals surface area contributed by atoms with Crippen LogP contribution >= 0.6 is 0 Å². The summed E-state index contributed by atoms with van der Waals surface area (Å²) >= 11 is 0. The van der Waals surface area contributed by atoms with Gasteiger partial charge in [-0.3, -0.25) is 4.79 Å². The van der Waals surface area contributed by atoms with E-state index in [1.807, 2.05) is 36.1 Å². The van der Waals surface area contributed by atoms with E-state index in [-0.39, 0.29) is 12.0 Å². The van der Waals surface area contributed by atoms with Crippen molar-refractivity contribution in [1.29, 1.82) is 0 Å². The van der Waals surface area contributed by atoms with Gasteiger partial charge in [0.05, 0.1) is 13.7 Å². The molecule has 174 valence electrons. The molecule has 0 radical (unpaired) electrons. The molecule has 1 heterocycles. The first-order chi connectivity index (χ1) is 15.0. The van der Waals surface area contributed by atoms with E-state index in [1.165, 1.54) is 0 Å². The van der Waals surface area contributed by atoms with Crippen LogP contribution in [0.1, 0.15) is 53.4 Å². The minimum atomic E-state index is -0.0914. The molecule has 0 aromatic heterocycles. The van der Waals surface area contributed by atoms with E-state index in [9.17, 15) is 4.79 Å². The highest BCUT2D eigenvalue weighted by Crippen LogP contribution is 2.26. The van der Waals surface area contributed by atoms with E-state index in [0.29, 0.717) is 18.5 Å². The third-order valence-electron chi connectivity index (χ3n) is 5.73. The Kier molecular flexibility index (Phi) is 10.5. The normalized spacial score (nSPS) is 16.2. The lowest BCUT2D eigenvalue weighted by Crippen LogP contribution is -2.50. The molecule has 2 N–H and O–H groups in total. The lowest BCUT2D eigenvalue weighted by molar-refractivity contribution is -0.136. The van der Waals surface area contributed by atoms with Gasteiger partial charge in [0.25, 0.3) is 0 Å². The summed E-state index contributed by atoms with van der Waals surface area (Å²) in [7, 11) is 1.64. The molecular weight excluding hydrogens is 392 g/mol. The van der Waals surface area contributed by atoms with Crippen LogP contribution in [-0.2, 0) is 4.79 Å². The Labute approximate surface area is 187 Å². The van der Waals surface area contributed by atoms with Crippen LogP contribution in [-0.4, -0.2) is 62.2 Å². The second-order valence-electron chi connectivity index (χ2n) is 8.06. The fourth-order valence-corrected chi connectivity index (χ4v) is 3.84. The van der Waals surface area contributed by atoms with Crippen molar-refractivity contribution in [1.82, 2.24) is 15.5 Å². The van der Waals surface area contributed by atoms with Gasteiger partial charge in [-0.15, -0.1) is 0 Å². The maximum Gasteiger partial charge on any atom is 0.225 e. The summed E-state index contributed by atoms with van der Waals surface area (Å²) in [5, 5.41) is 6.86. The zero-order chi connectivity index (χ0) is 22.6. The molecule has 1 aromatic carbocycles. The summed E-state index contributed by atoms with van der Waals surface area (Å²) in [5.41, 5.74) is 0. The average Bonchev–Trinajstić information content (AvgIpc) is 2.79. The summed E-state index contributed by atoms with van der Waals surface area (Å²) in [6.07, 6.45) is 3.61. The molecule has 7 heteroatoms. The largest absolute Gasteiger partial charge is 0.493 e. The lowest BCUT2D eigenvalue weighted by atomic mass is 9.98. The zero-order valence-corrected chi connectivity index (χ0v) is 19.8. The molecule has 0 spiro atoms. The number of amides is 1. The van der Waals surface area contributed by atoms with E-state index in [0.717, 1.165) is 62.8 Å². The third kappa shape index (κ3) is 7.64. The third-order valence-corrected chi connectivity index (χ3v) is 5.73. The number of methoxy groups -OCH3 is 1. The molecule has 1 fully saturated rings. The number of benzene rings is 1. The fourth-order valence-electron chi connectivity index (χ4n) is 3.84. The molecule has 1 aliphatic rings. The Morgan fingerprint density at radius 2 is 1.81 bits per heavy atom. The number of para-hydroxylation sites is 2. The first kappa shape index (κ1) is 24.8. The monoisotopic (exact) mass is 432 g/mol. The van der Waals surface area contributed by atoms with Crippen LogP contribution < -0.4 is 20.1 Å². The van der Waals surface area contributed by atoms with Crippen molar-refractivity contribution in [3.05, 3.63) is 24.3 Å². The SMILES string of the molecule is CCNC(=NCC(C)Oc1ccccc1OC)NC1CCN(C(=O)C(CC)CC)CC1. The van der Waals surface area contributed by atoms with Gasteiger partial charge in [-0.05, 0) is 51.7 Å². The lowest BCUT2D eigenvalue weighted by Gasteiger charge is -2.35. The van der Waals surface area contributed by atoms with Crippen molar-refractivity contribution in [3.63, 3.8) is 0 Å². The molecule has 7 nitrogen and oxygen atoms in total. The molecule has 31 heavy (non-hydrogen) atoms. The van der Waals surface area contributed by atoms with Crippen LogP contribution in [0.3, 0.4) is 0 Å². The molecule has 1 aliphatic heterocycles. The van der Waals surface area contributed by atoms with Crippen LogP contribution in [0.2, 0.25) is 0 Å². The second kappa shape index (κ2) is 13.1. The van der Waals surface area contributed by atoms with E-state index in [1.54, 1.807) is 7.11 Å². The number of rotatable bonds is 10. The molecular formula is C24H40N4O3. The average molecular weight is 433 g/mol. The highest BCUT2D eigenvalue weighted by molar-refractivity contribution is 5.80. The molecule has 2 rings (SSSR count). The number of ether oxygens (including phenoxy) is 2. The molecule has 0 aliphatic carbocycles. The molecule has 1 saturated heterocycles. The summed E-state index contributed by atoms with van der Waals surface area (Å²) in [6, 6.07) is 7.95. The van der Waals surface area contributed by atoms with Crippen molar-refractivity contribution < 1.29 is 14.3 Å². The Hall–Kier alpha value is -2.44. The number of hydrogen-bond acceptors (Lipinski definition) is 4. The van der Waals surface area contributed by atoms with Crippen LogP contribution in [0.5, 0.6) is 11.5 Å². The zero-order valence-electron chi connectivity index (χ0n) is 19.8. The van der Waals surface area contributed by atoms with Crippen LogP contribution in [0, 0.1) is 5.92 Å². The van der Waals surface area contributed by atoms with Crippen molar-refractivity contribution >= 4 is 11.9 Å². The standard InChI is InChI=1S/C24H40N4O3/c1-6-19(7-2)23(29)28-15-13-20(14-16-28)27-24(25-8-3)26-17-18(4)31-22-12-10-9-11-21(22)30-5/h9-12,18-20H,6-8,13-17H2,1-5H3,(H2,25,26,27). The van der Waals surface area contributed by atoms with Gasteiger partial charge in [0.15, 0.2) is 17.5 Å². The van der Waals surface area contributed by atoms with Crippen molar-refractivity contribution in [3.8, 4) is 11.5 Å². The number of hydrogen-bond donors (Lipinski definition) is 2. The molecule has 1 atom stereocenters. The summed E-state index contributed by atoms with van der Waals surface area (Å²) in [5.74, 6) is 2.71. The molecule has 1 aromatic rings. The van der Waals surface area contributed by atoms with Gasteiger partial charge in [0.1, 0.15) is 6.10 Å². The minimum absolute atomic E-state index is 0.0914. The van der Waals surface area contributed by atoms with Crippen molar-refractivity contribution in [2.24, 2.45) is 10.9 Å². The second-order valence-corrected chi connectivity index (χ2v) is 8.06. The Morgan fingerprint density at radius 1 is 1.16 bits per heavy atom. The maximum absolute atomic E-state index is 12.6. The number of carbonyl (C=O) groups excluding carboxylic acids is 1. The number of carbonyl (C=O) groups is 1. The van der Waals surface area contributed by atoms with Gasteiger partial charge in [-0.25, -0.2) is 4.99 Å². The quantitative estimate of drug-likeness (QED) is 0.438. The first-order valence-electron chi connectivity index (χ1n) is 11.7. The van der Waals surface area contributed by atoms with E-state index in [2.05, 4.69) is 31.4 Å². The van der Waals surface area contributed by atoms with Crippen LogP contribution in [0.25, 0.3) is 0 Å².